The maximum absolute atomic E-state index is 13.1. The Morgan fingerprint density at radius 3 is 2.57 bits per heavy atom. The monoisotopic (exact) mass is 193 g/mol. The van der Waals surface area contributed by atoms with E-state index in [0.29, 0.717) is 5.39 Å². The topological polar surface area (TPSA) is 12.9 Å². The predicted octanol–water partition coefficient (Wildman–Crippen LogP) is 3.35. The molecule has 0 saturated heterocycles. The van der Waals surface area contributed by atoms with E-state index in [0.717, 1.165) is 12.3 Å². The van der Waals surface area contributed by atoms with Crippen LogP contribution in [0.2, 0.25) is 0 Å². The zero-order chi connectivity index (χ0) is 10.2. The summed E-state index contributed by atoms with van der Waals surface area (Å²) in [5.74, 6) is -2.89. The van der Waals surface area contributed by atoms with Gasteiger partial charge in [0.05, 0.1) is 0 Å². The van der Waals surface area contributed by atoms with Crippen LogP contribution in [-0.4, -0.2) is 4.98 Å². The summed E-state index contributed by atoms with van der Waals surface area (Å²) in [4.78, 5) is 3.73. The number of rotatable bonds is 1. The maximum atomic E-state index is 13.1. The molecule has 0 spiro atoms. The molecule has 0 aliphatic heterocycles. The third kappa shape index (κ3) is 1.45. The molecule has 0 unspecified atom stereocenters. The smallest absolute Gasteiger partial charge is 0.254 e. The van der Waals surface area contributed by atoms with Crippen LogP contribution in [0, 0.1) is 0 Å². The first-order valence-electron chi connectivity index (χ1n) is 4.31. The summed E-state index contributed by atoms with van der Waals surface area (Å²) in [5, 5.41) is 1.31. The van der Waals surface area contributed by atoms with Crippen molar-refractivity contribution in [1.29, 1.82) is 0 Å². The van der Waals surface area contributed by atoms with E-state index in [2.05, 4.69) is 4.98 Å². The summed E-state index contributed by atoms with van der Waals surface area (Å²) < 4.78 is 26.2. The molecule has 14 heavy (non-hydrogen) atoms. The number of hydrogen-bond donors (Lipinski definition) is 0. The van der Waals surface area contributed by atoms with Crippen LogP contribution in [0.15, 0.2) is 36.5 Å². The third-order valence-electron chi connectivity index (χ3n) is 2.09. The molecule has 1 aromatic carbocycles. The molecule has 0 bridgehead atoms. The van der Waals surface area contributed by atoms with Crippen molar-refractivity contribution in [3.63, 3.8) is 0 Å². The van der Waals surface area contributed by atoms with Gasteiger partial charge in [-0.1, -0.05) is 24.3 Å². The van der Waals surface area contributed by atoms with Crippen molar-refractivity contribution in [2.75, 3.05) is 0 Å². The van der Waals surface area contributed by atoms with Crippen LogP contribution in [-0.2, 0) is 5.92 Å². The average Bonchev–Trinajstić information content (AvgIpc) is 2.15. The summed E-state index contributed by atoms with van der Waals surface area (Å²) in [6.07, 6.45) is 1.41. The van der Waals surface area contributed by atoms with Gasteiger partial charge in [-0.25, -0.2) is 0 Å². The molecule has 0 N–H and O–H groups in total. The van der Waals surface area contributed by atoms with Crippen molar-refractivity contribution in [3.8, 4) is 0 Å². The fourth-order valence-corrected chi connectivity index (χ4v) is 1.47. The lowest BCUT2D eigenvalue weighted by molar-refractivity contribution is 0.0145. The molecule has 2 aromatic rings. The largest absolute Gasteiger partial charge is 0.287 e. The predicted molar refractivity (Wildman–Crippen MR) is 51.3 cm³/mol. The van der Waals surface area contributed by atoms with Crippen LogP contribution in [0.5, 0.6) is 0 Å². The lowest BCUT2D eigenvalue weighted by Gasteiger charge is -2.11. The summed E-state index contributed by atoms with van der Waals surface area (Å²) in [6.45, 7) is 0.863. The summed E-state index contributed by atoms with van der Waals surface area (Å²) >= 11 is 0. The fourth-order valence-electron chi connectivity index (χ4n) is 1.47. The van der Waals surface area contributed by atoms with Crippen LogP contribution in [0.4, 0.5) is 8.78 Å². The second kappa shape index (κ2) is 3.01. The van der Waals surface area contributed by atoms with Crippen molar-refractivity contribution >= 4 is 10.8 Å². The lowest BCUT2D eigenvalue weighted by Crippen LogP contribution is -2.09. The normalized spacial score (nSPS) is 11.9. The Hall–Kier alpha value is -1.51. The number of hydrogen-bond acceptors (Lipinski definition) is 1. The van der Waals surface area contributed by atoms with Gasteiger partial charge < -0.3 is 0 Å². The van der Waals surface area contributed by atoms with E-state index >= 15 is 0 Å². The number of fused-ring (bicyclic) bond motifs is 1. The van der Waals surface area contributed by atoms with E-state index in [4.69, 9.17) is 0 Å². The zero-order valence-electron chi connectivity index (χ0n) is 7.67. The number of nitrogens with zero attached hydrogens (tertiary/aromatic N) is 1. The Labute approximate surface area is 80.4 Å². The lowest BCUT2D eigenvalue weighted by atomic mass is 10.1. The first kappa shape index (κ1) is 9.06. The van der Waals surface area contributed by atoms with Gasteiger partial charge in [0.15, 0.2) is 0 Å². The van der Waals surface area contributed by atoms with Crippen LogP contribution < -0.4 is 0 Å². The number of aromatic nitrogens is 1. The van der Waals surface area contributed by atoms with Crippen molar-refractivity contribution in [1.82, 2.24) is 4.98 Å². The molecule has 2 rings (SSSR count). The van der Waals surface area contributed by atoms with E-state index in [1.54, 1.807) is 24.3 Å². The Morgan fingerprint density at radius 2 is 1.86 bits per heavy atom. The first-order chi connectivity index (χ1) is 6.59. The molecule has 0 radical (unpaired) electrons. The van der Waals surface area contributed by atoms with Gasteiger partial charge in [0.2, 0.25) is 0 Å². The summed E-state index contributed by atoms with van der Waals surface area (Å²) in [5.41, 5.74) is -0.157. The van der Waals surface area contributed by atoms with Crippen LogP contribution in [0.1, 0.15) is 12.6 Å². The Balaban J connectivity index is 2.78. The van der Waals surface area contributed by atoms with Gasteiger partial charge in [0.1, 0.15) is 5.69 Å². The van der Waals surface area contributed by atoms with Crippen LogP contribution >= 0.6 is 0 Å². The summed E-state index contributed by atoms with van der Waals surface area (Å²) in [6, 6.07) is 8.74. The molecule has 3 heteroatoms. The highest BCUT2D eigenvalue weighted by atomic mass is 19.3. The van der Waals surface area contributed by atoms with Crippen molar-refractivity contribution in [2.24, 2.45) is 0 Å². The van der Waals surface area contributed by atoms with E-state index < -0.39 is 5.92 Å². The maximum Gasteiger partial charge on any atom is 0.287 e. The molecule has 0 atom stereocenters. The zero-order valence-corrected chi connectivity index (χ0v) is 7.67. The number of alkyl halides is 2. The second-order valence-corrected chi connectivity index (χ2v) is 3.27. The number of benzene rings is 1. The van der Waals surface area contributed by atoms with Gasteiger partial charge in [-0.05, 0) is 11.5 Å². The van der Waals surface area contributed by atoms with Gasteiger partial charge in [-0.2, -0.15) is 8.78 Å². The molecule has 0 aliphatic carbocycles. The Bertz CT molecular complexity index is 455. The van der Waals surface area contributed by atoms with E-state index in [1.807, 2.05) is 6.07 Å². The van der Waals surface area contributed by atoms with Gasteiger partial charge in [0.25, 0.3) is 5.92 Å². The molecular weight excluding hydrogens is 184 g/mol. The van der Waals surface area contributed by atoms with Crippen molar-refractivity contribution in [2.45, 2.75) is 12.8 Å². The van der Waals surface area contributed by atoms with Crippen LogP contribution in [0.25, 0.3) is 10.8 Å². The highest BCUT2D eigenvalue weighted by Crippen LogP contribution is 2.30. The molecular formula is C11H9F2N. The fraction of sp³-hybridized carbons (Fsp3) is 0.182. The first-order valence-corrected chi connectivity index (χ1v) is 4.31. The van der Waals surface area contributed by atoms with Gasteiger partial charge in [-0.15, -0.1) is 0 Å². The quantitative estimate of drug-likeness (QED) is 0.676. The Kier molecular flexibility index (Phi) is 1.95. The molecule has 1 aromatic heterocycles. The van der Waals surface area contributed by atoms with Gasteiger partial charge in [0, 0.05) is 18.5 Å². The standard InChI is InChI=1S/C11H9F2N/c1-11(12,13)10-9-5-3-2-4-8(9)6-7-14-10/h2-7H,1H3. The van der Waals surface area contributed by atoms with E-state index in [1.165, 1.54) is 6.20 Å². The van der Waals surface area contributed by atoms with E-state index in [9.17, 15) is 8.78 Å². The molecule has 0 aliphatic rings. The number of halogens is 2. The van der Waals surface area contributed by atoms with Crippen molar-refractivity contribution in [3.05, 3.63) is 42.2 Å². The van der Waals surface area contributed by atoms with Gasteiger partial charge >= 0.3 is 0 Å². The highest BCUT2D eigenvalue weighted by Gasteiger charge is 2.27. The van der Waals surface area contributed by atoms with Crippen LogP contribution in [0.3, 0.4) is 0 Å². The third-order valence-corrected chi connectivity index (χ3v) is 2.09. The summed E-state index contributed by atoms with van der Waals surface area (Å²) in [7, 11) is 0. The molecule has 0 fully saturated rings. The SMILES string of the molecule is CC(F)(F)c1nccc2ccccc12. The minimum atomic E-state index is -2.89. The molecule has 0 saturated carbocycles. The second-order valence-electron chi connectivity index (χ2n) is 3.27. The van der Waals surface area contributed by atoms with Gasteiger partial charge in [-0.3, -0.25) is 4.98 Å². The minimum absolute atomic E-state index is 0.157. The Morgan fingerprint density at radius 1 is 1.14 bits per heavy atom. The molecule has 72 valence electrons. The van der Waals surface area contributed by atoms with Crippen molar-refractivity contribution < 1.29 is 8.78 Å². The average molecular weight is 193 g/mol. The minimum Gasteiger partial charge on any atom is -0.254 e. The van der Waals surface area contributed by atoms with E-state index in [-0.39, 0.29) is 5.69 Å². The highest BCUT2D eigenvalue weighted by molar-refractivity contribution is 5.84. The number of pyridine rings is 1. The molecule has 1 heterocycles. The molecule has 0 amide bonds. The molecule has 1 nitrogen and oxygen atoms in total.